The van der Waals surface area contributed by atoms with Crippen molar-refractivity contribution in [1.82, 2.24) is 4.90 Å². The summed E-state index contributed by atoms with van der Waals surface area (Å²) < 4.78 is 11.6. The van der Waals surface area contributed by atoms with Gasteiger partial charge in [-0.1, -0.05) is 19.1 Å². The molecule has 1 aromatic carbocycles. The Morgan fingerprint density at radius 1 is 1.29 bits per heavy atom. The highest BCUT2D eigenvalue weighted by Crippen LogP contribution is 2.33. The van der Waals surface area contributed by atoms with Crippen LogP contribution in [-0.4, -0.2) is 42.9 Å². The molecular formula is C17H27NO3. The predicted octanol–water partition coefficient (Wildman–Crippen LogP) is 2.69. The van der Waals surface area contributed by atoms with Crippen molar-refractivity contribution in [2.75, 3.05) is 32.9 Å². The highest BCUT2D eigenvalue weighted by atomic mass is 16.5. The van der Waals surface area contributed by atoms with Crippen LogP contribution in [0.2, 0.25) is 0 Å². The first-order valence-corrected chi connectivity index (χ1v) is 7.99. The molecule has 0 aromatic heterocycles. The molecule has 0 saturated carbocycles. The van der Waals surface area contributed by atoms with Gasteiger partial charge in [-0.25, -0.2) is 0 Å². The Morgan fingerprint density at radius 2 is 2.14 bits per heavy atom. The number of hydrogen-bond acceptors (Lipinski definition) is 4. The van der Waals surface area contributed by atoms with Gasteiger partial charge in [0.2, 0.25) is 0 Å². The van der Waals surface area contributed by atoms with Gasteiger partial charge in [0.25, 0.3) is 0 Å². The van der Waals surface area contributed by atoms with E-state index in [0.29, 0.717) is 19.1 Å². The van der Waals surface area contributed by atoms with Gasteiger partial charge in [0, 0.05) is 25.3 Å². The standard InChI is InChI=1S/C17H27NO3/c1-3-10-21-17-15(6-5-7-16(17)20-4-2)12-18-9-8-14(11-18)13-19/h5-7,14,19H,3-4,8-13H2,1-2H3. The molecule has 0 spiro atoms. The van der Waals surface area contributed by atoms with Gasteiger partial charge in [-0.3, -0.25) is 4.90 Å². The van der Waals surface area contributed by atoms with Gasteiger partial charge in [-0.15, -0.1) is 0 Å². The van der Waals surface area contributed by atoms with E-state index in [9.17, 15) is 5.11 Å². The number of hydrogen-bond donors (Lipinski definition) is 1. The molecule has 1 aliphatic rings. The zero-order chi connectivity index (χ0) is 15.1. The van der Waals surface area contributed by atoms with Gasteiger partial charge in [0.05, 0.1) is 13.2 Å². The maximum absolute atomic E-state index is 9.26. The summed E-state index contributed by atoms with van der Waals surface area (Å²) in [6, 6.07) is 6.11. The van der Waals surface area contributed by atoms with E-state index in [1.807, 2.05) is 19.1 Å². The zero-order valence-electron chi connectivity index (χ0n) is 13.2. The fraction of sp³-hybridized carbons (Fsp3) is 0.647. The van der Waals surface area contributed by atoms with E-state index in [-0.39, 0.29) is 6.61 Å². The Bertz CT molecular complexity index is 436. The van der Waals surface area contributed by atoms with Crippen molar-refractivity contribution in [2.45, 2.75) is 33.2 Å². The van der Waals surface area contributed by atoms with E-state index >= 15 is 0 Å². The molecule has 0 amide bonds. The summed E-state index contributed by atoms with van der Waals surface area (Å²) in [7, 11) is 0. The lowest BCUT2D eigenvalue weighted by molar-refractivity contribution is 0.218. The number of rotatable bonds is 8. The van der Waals surface area contributed by atoms with Gasteiger partial charge >= 0.3 is 0 Å². The quantitative estimate of drug-likeness (QED) is 0.800. The molecule has 0 aliphatic carbocycles. The third-order valence-electron chi connectivity index (χ3n) is 3.83. The van der Waals surface area contributed by atoms with Crippen LogP contribution in [0.4, 0.5) is 0 Å². The smallest absolute Gasteiger partial charge is 0.165 e. The maximum atomic E-state index is 9.26. The Kier molecular flexibility index (Phi) is 6.33. The van der Waals surface area contributed by atoms with E-state index in [1.54, 1.807) is 0 Å². The minimum absolute atomic E-state index is 0.286. The third kappa shape index (κ3) is 4.35. The lowest BCUT2D eigenvalue weighted by Gasteiger charge is -2.20. The molecule has 1 N–H and O–H groups in total. The van der Waals surface area contributed by atoms with Gasteiger partial charge in [-0.2, -0.15) is 0 Å². The van der Waals surface area contributed by atoms with E-state index < -0.39 is 0 Å². The molecule has 1 saturated heterocycles. The number of benzene rings is 1. The van der Waals surface area contributed by atoms with Crippen molar-refractivity contribution < 1.29 is 14.6 Å². The lowest BCUT2D eigenvalue weighted by atomic mass is 10.1. The monoisotopic (exact) mass is 293 g/mol. The average Bonchev–Trinajstić information content (AvgIpc) is 2.95. The van der Waals surface area contributed by atoms with Crippen LogP contribution >= 0.6 is 0 Å². The lowest BCUT2D eigenvalue weighted by Crippen LogP contribution is -2.21. The third-order valence-corrected chi connectivity index (χ3v) is 3.83. The summed E-state index contributed by atoms with van der Waals surface area (Å²) in [6.45, 7) is 8.58. The second kappa shape index (κ2) is 8.25. The van der Waals surface area contributed by atoms with Crippen molar-refractivity contribution in [3.8, 4) is 11.5 Å². The first-order chi connectivity index (χ1) is 10.3. The SMILES string of the molecule is CCCOc1c(CN2CCC(CO)C2)cccc1OCC. The summed E-state index contributed by atoms with van der Waals surface area (Å²) in [5.41, 5.74) is 1.17. The van der Waals surface area contributed by atoms with E-state index in [0.717, 1.165) is 44.0 Å². The van der Waals surface area contributed by atoms with Crippen LogP contribution in [0.1, 0.15) is 32.3 Å². The number of para-hydroxylation sites is 1. The summed E-state index contributed by atoms with van der Waals surface area (Å²) in [4.78, 5) is 2.38. The normalized spacial score (nSPS) is 18.9. The molecule has 1 atom stereocenters. The van der Waals surface area contributed by atoms with E-state index in [4.69, 9.17) is 9.47 Å². The topological polar surface area (TPSA) is 41.9 Å². The van der Waals surface area contributed by atoms with Gasteiger partial charge < -0.3 is 14.6 Å². The molecule has 1 aliphatic heterocycles. The molecule has 1 unspecified atom stereocenters. The molecule has 21 heavy (non-hydrogen) atoms. The van der Waals surface area contributed by atoms with Crippen LogP contribution in [0.15, 0.2) is 18.2 Å². The highest BCUT2D eigenvalue weighted by molar-refractivity contribution is 5.46. The first-order valence-electron chi connectivity index (χ1n) is 7.99. The molecule has 1 heterocycles. The molecule has 2 rings (SSSR count). The Morgan fingerprint density at radius 3 is 2.81 bits per heavy atom. The van der Waals surface area contributed by atoms with Gasteiger partial charge in [0.1, 0.15) is 0 Å². The summed E-state index contributed by atoms with van der Waals surface area (Å²) in [6.07, 6.45) is 2.06. The fourth-order valence-electron chi connectivity index (χ4n) is 2.77. The Labute approximate surface area is 127 Å². The Hall–Kier alpha value is -1.26. The molecule has 1 fully saturated rings. The van der Waals surface area contributed by atoms with E-state index in [2.05, 4.69) is 17.9 Å². The fourth-order valence-corrected chi connectivity index (χ4v) is 2.77. The number of aliphatic hydroxyl groups excluding tert-OH is 1. The molecule has 4 heteroatoms. The summed E-state index contributed by atoms with van der Waals surface area (Å²) in [5.74, 6) is 2.13. The number of nitrogens with zero attached hydrogens (tertiary/aromatic N) is 1. The maximum Gasteiger partial charge on any atom is 0.165 e. The van der Waals surface area contributed by atoms with Gasteiger partial charge in [-0.05, 0) is 38.3 Å². The predicted molar refractivity (Wildman–Crippen MR) is 83.9 cm³/mol. The molecule has 0 radical (unpaired) electrons. The van der Waals surface area contributed by atoms with E-state index in [1.165, 1.54) is 5.56 Å². The van der Waals surface area contributed by atoms with Crippen molar-refractivity contribution >= 4 is 0 Å². The van der Waals surface area contributed by atoms with Crippen LogP contribution in [0, 0.1) is 5.92 Å². The largest absolute Gasteiger partial charge is 0.490 e. The second-order valence-electron chi connectivity index (χ2n) is 5.60. The summed E-state index contributed by atoms with van der Waals surface area (Å²) >= 11 is 0. The van der Waals surface area contributed by atoms with Crippen molar-refractivity contribution in [3.63, 3.8) is 0 Å². The summed E-state index contributed by atoms with van der Waals surface area (Å²) in [5, 5.41) is 9.26. The van der Waals surface area contributed by atoms with Crippen molar-refractivity contribution in [1.29, 1.82) is 0 Å². The van der Waals surface area contributed by atoms with Crippen LogP contribution in [-0.2, 0) is 6.54 Å². The highest BCUT2D eigenvalue weighted by Gasteiger charge is 2.23. The molecule has 4 nitrogen and oxygen atoms in total. The van der Waals surface area contributed by atoms with Crippen LogP contribution in [0.3, 0.4) is 0 Å². The van der Waals surface area contributed by atoms with Crippen LogP contribution in [0.25, 0.3) is 0 Å². The number of ether oxygens (including phenoxy) is 2. The van der Waals surface area contributed by atoms with Crippen molar-refractivity contribution in [3.05, 3.63) is 23.8 Å². The first kappa shape index (κ1) is 16.1. The van der Waals surface area contributed by atoms with Crippen LogP contribution < -0.4 is 9.47 Å². The molecular weight excluding hydrogens is 266 g/mol. The molecule has 118 valence electrons. The molecule has 1 aromatic rings. The zero-order valence-corrected chi connectivity index (χ0v) is 13.2. The van der Waals surface area contributed by atoms with Crippen molar-refractivity contribution in [2.24, 2.45) is 5.92 Å². The number of likely N-dealkylation sites (tertiary alicyclic amines) is 1. The minimum atomic E-state index is 0.286. The van der Waals surface area contributed by atoms with Gasteiger partial charge in [0.15, 0.2) is 11.5 Å². The van der Waals surface area contributed by atoms with Crippen LogP contribution in [0.5, 0.6) is 11.5 Å². The number of aliphatic hydroxyl groups is 1. The minimum Gasteiger partial charge on any atom is -0.490 e. The molecule has 0 bridgehead atoms. The Balaban J connectivity index is 2.11. The second-order valence-corrected chi connectivity index (χ2v) is 5.60. The average molecular weight is 293 g/mol.